The van der Waals surface area contributed by atoms with Crippen LogP contribution in [0.4, 0.5) is 0 Å². The van der Waals surface area contributed by atoms with E-state index in [-0.39, 0.29) is 0 Å². The molecule has 1 aliphatic heterocycles. The number of hydrogen-bond acceptors (Lipinski definition) is 5. The minimum Gasteiger partial charge on any atom is -0.381 e. The van der Waals surface area contributed by atoms with E-state index in [0.29, 0.717) is 18.4 Å². The molecule has 96 valence electrons. The molecule has 1 atom stereocenters. The number of aromatic nitrogens is 4. The van der Waals surface area contributed by atoms with Crippen LogP contribution in [0.15, 0.2) is 16.9 Å². The van der Waals surface area contributed by atoms with Gasteiger partial charge in [-0.2, -0.15) is 4.98 Å². The lowest BCUT2D eigenvalue weighted by Gasteiger charge is -2.01. The van der Waals surface area contributed by atoms with Crippen LogP contribution in [0.1, 0.15) is 29.9 Å². The van der Waals surface area contributed by atoms with Crippen LogP contribution in [0.25, 0.3) is 0 Å². The molecule has 0 N–H and O–H groups in total. The molecule has 3 rings (SSSR count). The average molecular weight is 248 g/mol. The second-order valence-corrected chi connectivity index (χ2v) is 4.52. The summed E-state index contributed by atoms with van der Waals surface area (Å²) in [6, 6.07) is 0. The van der Waals surface area contributed by atoms with Gasteiger partial charge in [0.25, 0.3) is 0 Å². The van der Waals surface area contributed by atoms with Gasteiger partial charge in [0.2, 0.25) is 5.89 Å². The quantitative estimate of drug-likeness (QED) is 0.816. The Bertz CT molecular complexity index is 514. The molecule has 0 aromatic carbocycles. The highest BCUT2D eigenvalue weighted by Gasteiger charge is 2.22. The Hall–Kier alpha value is -1.69. The van der Waals surface area contributed by atoms with Crippen molar-refractivity contribution in [3.63, 3.8) is 0 Å². The molecule has 0 saturated carbocycles. The summed E-state index contributed by atoms with van der Waals surface area (Å²) in [5.41, 5.74) is 0. The molecule has 0 aliphatic carbocycles. The first-order valence-electron chi connectivity index (χ1n) is 6.21. The Labute approximate surface area is 105 Å². The molecule has 3 heterocycles. The highest BCUT2D eigenvalue weighted by molar-refractivity contribution is 4.98. The van der Waals surface area contributed by atoms with E-state index in [9.17, 15) is 0 Å². The maximum Gasteiger partial charge on any atom is 0.228 e. The van der Waals surface area contributed by atoms with Gasteiger partial charge < -0.3 is 13.8 Å². The number of imidazole rings is 1. The average Bonchev–Trinajstić information content (AvgIpc) is 3.08. The zero-order valence-electron chi connectivity index (χ0n) is 10.4. The number of rotatable bonds is 4. The Balaban J connectivity index is 1.61. The normalized spacial score (nSPS) is 19.5. The number of aryl methyl sites for hydroxylation is 3. The van der Waals surface area contributed by atoms with Crippen molar-refractivity contribution in [1.82, 2.24) is 19.7 Å². The summed E-state index contributed by atoms with van der Waals surface area (Å²) in [6.45, 7) is 4.30. The summed E-state index contributed by atoms with van der Waals surface area (Å²) in [6.07, 6.45) is 5.47. The van der Waals surface area contributed by atoms with Gasteiger partial charge >= 0.3 is 0 Å². The summed E-state index contributed by atoms with van der Waals surface area (Å²) in [5, 5.41) is 4.03. The summed E-state index contributed by atoms with van der Waals surface area (Å²) in [4.78, 5) is 8.61. The Morgan fingerprint density at radius 1 is 1.50 bits per heavy atom. The standard InChI is InChI=1S/C12H16N4O2/c1-9-13-4-6-16(9)5-2-11-14-12(15-18-11)10-3-7-17-8-10/h4,6,10H,2-3,5,7-8H2,1H3. The highest BCUT2D eigenvalue weighted by atomic mass is 16.5. The summed E-state index contributed by atoms with van der Waals surface area (Å²) < 4.78 is 12.7. The molecule has 0 radical (unpaired) electrons. The lowest BCUT2D eigenvalue weighted by atomic mass is 10.1. The molecule has 6 heteroatoms. The summed E-state index contributed by atoms with van der Waals surface area (Å²) in [5.74, 6) is 2.77. The fourth-order valence-electron chi connectivity index (χ4n) is 2.13. The van der Waals surface area contributed by atoms with Crippen molar-refractivity contribution in [3.05, 3.63) is 29.9 Å². The molecule has 1 unspecified atom stereocenters. The van der Waals surface area contributed by atoms with Gasteiger partial charge in [-0.05, 0) is 13.3 Å². The first-order valence-corrected chi connectivity index (χ1v) is 6.21. The second-order valence-electron chi connectivity index (χ2n) is 4.52. The third-order valence-electron chi connectivity index (χ3n) is 3.27. The van der Waals surface area contributed by atoms with Crippen molar-refractivity contribution in [2.75, 3.05) is 13.2 Å². The van der Waals surface area contributed by atoms with Gasteiger partial charge in [-0.15, -0.1) is 0 Å². The number of hydrogen-bond donors (Lipinski definition) is 0. The van der Waals surface area contributed by atoms with Crippen LogP contribution in [0, 0.1) is 6.92 Å². The van der Waals surface area contributed by atoms with Crippen molar-refractivity contribution in [3.8, 4) is 0 Å². The molecule has 1 saturated heterocycles. The second kappa shape index (κ2) is 4.89. The molecule has 0 amide bonds. The molecular weight excluding hydrogens is 232 g/mol. The molecule has 0 bridgehead atoms. The third kappa shape index (κ3) is 2.28. The van der Waals surface area contributed by atoms with Gasteiger partial charge in [0.1, 0.15) is 5.82 Å². The van der Waals surface area contributed by atoms with E-state index in [0.717, 1.165) is 37.6 Å². The van der Waals surface area contributed by atoms with Crippen LogP contribution in [0.5, 0.6) is 0 Å². The van der Waals surface area contributed by atoms with Crippen LogP contribution < -0.4 is 0 Å². The largest absolute Gasteiger partial charge is 0.381 e. The van der Waals surface area contributed by atoms with E-state index in [4.69, 9.17) is 9.26 Å². The number of ether oxygens (including phenoxy) is 1. The Morgan fingerprint density at radius 2 is 2.44 bits per heavy atom. The van der Waals surface area contributed by atoms with Gasteiger partial charge in [-0.1, -0.05) is 5.16 Å². The van der Waals surface area contributed by atoms with E-state index in [1.54, 1.807) is 6.20 Å². The summed E-state index contributed by atoms with van der Waals surface area (Å²) in [7, 11) is 0. The van der Waals surface area contributed by atoms with Crippen molar-refractivity contribution in [2.24, 2.45) is 0 Å². The van der Waals surface area contributed by atoms with Crippen LogP contribution in [0.2, 0.25) is 0 Å². The first-order chi connectivity index (χ1) is 8.83. The monoisotopic (exact) mass is 248 g/mol. The molecule has 1 fully saturated rings. The van der Waals surface area contributed by atoms with Crippen LogP contribution in [-0.2, 0) is 17.7 Å². The smallest absolute Gasteiger partial charge is 0.228 e. The van der Waals surface area contributed by atoms with Crippen molar-refractivity contribution in [2.45, 2.75) is 32.2 Å². The van der Waals surface area contributed by atoms with Crippen LogP contribution in [0.3, 0.4) is 0 Å². The molecule has 18 heavy (non-hydrogen) atoms. The van der Waals surface area contributed by atoms with Gasteiger partial charge in [0, 0.05) is 37.9 Å². The van der Waals surface area contributed by atoms with E-state index in [1.807, 2.05) is 13.1 Å². The first kappa shape index (κ1) is 11.4. The fraction of sp³-hybridized carbons (Fsp3) is 0.583. The minimum absolute atomic E-state index is 0.303. The topological polar surface area (TPSA) is 66.0 Å². The van der Waals surface area contributed by atoms with E-state index in [1.165, 1.54) is 0 Å². The maximum absolute atomic E-state index is 5.32. The number of nitrogens with zero attached hydrogens (tertiary/aromatic N) is 4. The highest BCUT2D eigenvalue weighted by Crippen LogP contribution is 2.22. The van der Waals surface area contributed by atoms with Crippen molar-refractivity contribution in [1.29, 1.82) is 0 Å². The molecular formula is C12H16N4O2. The van der Waals surface area contributed by atoms with Crippen LogP contribution in [-0.4, -0.2) is 32.9 Å². The zero-order chi connectivity index (χ0) is 12.4. The molecule has 2 aromatic rings. The minimum atomic E-state index is 0.303. The van der Waals surface area contributed by atoms with Gasteiger partial charge in [-0.3, -0.25) is 0 Å². The molecule has 2 aromatic heterocycles. The van der Waals surface area contributed by atoms with Crippen LogP contribution >= 0.6 is 0 Å². The fourth-order valence-corrected chi connectivity index (χ4v) is 2.13. The molecule has 1 aliphatic rings. The maximum atomic E-state index is 5.32. The zero-order valence-corrected chi connectivity index (χ0v) is 10.4. The predicted molar refractivity (Wildman–Crippen MR) is 63.1 cm³/mol. The Morgan fingerprint density at radius 3 is 3.17 bits per heavy atom. The lowest BCUT2D eigenvalue weighted by molar-refractivity contribution is 0.192. The summed E-state index contributed by atoms with van der Waals surface area (Å²) >= 11 is 0. The van der Waals surface area contributed by atoms with E-state index >= 15 is 0 Å². The SMILES string of the molecule is Cc1nccn1CCc1nc(C2CCOC2)no1. The lowest BCUT2D eigenvalue weighted by Crippen LogP contribution is -2.03. The molecule has 0 spiro atoms. The van der Waals surface area contributed by atoms with Gasteiger partial charge in [0.15, 0.2) is 5.82 Å². The third-order valence-corrected chi connectivity index (χ3v) is 3.27. The van der Waals surface area contributed by atoms with Gasteiger partial charge in [0.05, 0.1) is 6.61 Å². The van der Waals surface area contributed by atoms with Crippen molar-refractivity contribution >= 4 is 0 Å². The molecule has 6 nitrogen and oxygen atoms in total. The van der Waals surface area contributed by atoms with E-state index < -0.39 is 0 Å². The Kier molecular flexibility index (Phi) is 3.10. The van der Waals surface area contributed by atoms with Crippen molar-refractivity contribution < 1.29 is 9.26 Å². The van der Waals surface area contributed by atoms with Gasteiger partial charge in [-0.25, -0.2) is 4.98 Å². The predicted octanol–water partition coefficient (Wildman–Crippen LogP) is 1.32. The van der Waals surface area contributed by atoms with E-state index in [2.05, 4.69) is 19.7 Å².